The number of likely N-dealkylation sites (tertiary alicyclic amines) is 1. The van der Waals surface area contributed by atoms with Gasteiger partial charge in [0.25, 0.3) is 5.91 Å². The molecule has 1 aliphatic heterocycles. The predicted octanol–water partition coefficient (Wildman–Crippen LogP) is 1.10. The molecule has 1 unspecified atom stereocenters. The number of nitrogens with zero attached hydrogens (tertiary/aromatic N) is 5. The van der Waals surface area contributed by atoms with E-state index in [-0.39, 0.29) is 24.3 Å². The number of nitrogens with one attached hydrogen (secondary N) is 1. The molecule has 4 rings (SSSR count). The highest BCUT2D eigenvalue weighted by Crippen LogP contribution is 2.19. The van der Waals surface area contributed by atoms with Crippen molar-refractivity contribution in [2.45, 2.75) is 13.0 Å². The second-order valence-corrected chi connectivity index (χ2v) is 6.68. The van der Waals surface area contributed by atoms with Crippen molar-refractivity contribution in [1.29, 1.82) is 0 Å². The molecular formula is C19H20N6O2. The second-order valence-electron chi connectivity index (χ2n) is 6.68. The van der Waals surface area contributed by atoms with Gasteiger partial charge >= 0.3 is 0 Å². The van der Waals surface area contributed by atoms with Crippen molar-refractivity contribution < 1.29 is 9.59 Å². The lowest BCUT2D eigenvalue weighted by atomic mass is 10.1. The monoisotopic (exact) mass is 364 g/mol. The zero-order valence-corrected chi connectivity index (χ0v) is 14.8. The zero-order valence-electron chi connectivity index (χ0n) is 14.8. The number of fused-ring (bicyclic) bond motifs is 1. The lowest BCUT2D eigenvalue weighted by molar-refractivity contribution is -0.122. The van der Waals surface area contributed by atoms with E-state index in [0.29, 0.717) is 25.3 Å². The Kier molecular flexibility index (Phi) is 4.78. The lowest BCUT2D eigenvalue weighted by Crippen LogP contribution is -2.34. The first-order valence-electron chi connectivity index (χ1n) is 8.93. The van der Waals surface area contributed by atoms with E-state index in [9.17, 15) is 9.59 Å². The van der Waals surface area contributed by atoms with Gasteiger partial charge in [-0.15, -0.1) is 0 Å². The molecule has 0 saturated carbocycles. The SMILES string of the molecule is O=C(Cn1cccn1)NCC1CCN(C(=O)c2ccc3cnccc3n2)C1. The van der Waals surface area contributed by atoms with Gasteiger partial charge in [0.15, 0.2) is 0 Å². The van der Waals surface area contributed by atoms with Gasteiger partial charge < -0.3 is 10.2 Å². The summed E-state index contributed by atoms with van der Waals surface area (Å²) in [5, 5.41) is 7.85. The topological polar surface area (TPSA) is 93.0 Å². The Balaban J connectivity index is 1.31. The van der Waals surface area contributed by atoms with Crippen LogP contribution in [0.2, 0.25) is 0 Å². The van der Waals surface area contributed by atoms with Crippen LogP contribution in [0.25, 0.3) is 10.9 Å². The molecule has 8 nitrogen and oxygen atoms in total. The number of hydrogen-bond donors (Lipinski definition) is 1. The highest BCUT2D eigenvalue weighted by Gasteiger charge is 2.28. The van der Waals surface area contributed by atoms with Gasteiger partial charge in [-0.3, -0.25) is 19.3 Å². The minimum absolute atomic E-state index is 0.0703. The van der Waals surface area contributed by atoms with E-state index in [0.717, 1.165) is 17.3 Å². The maximum Gasteiger partial charge on any atom is 0.272 e. The molecular weight excluding hydrogens is 344 g/mol. The summed E-state index contributed by atoms with van der Waals surface area (Å²) < 4.78 is 1.58. The molecule has 3 aromatic rings. The van der Waals surface area contributed by atoms with Gasteiger partial charge in [-0.05, 0) is 36.6 Å². The van der Waals surface area contributed by atoms with E-state index < -0.39 is 0 Å². The zero-order chi connectivity index (χ0) is 18.6. The van der Waals surface area contributed by atoms with Crippen molar-refractivity contribution in [3.8, 4) is 0 Å². The van der Waals surface area contributed by atoms with Crippen molar-refractivity contribution in [3.05, 3.63) is 54.7 Å². The molecule has 1 saturated heterocycles. The standard InChI is InChI=1S/C19H20N6O2/c26-18(13-25-8-1-6-22-25)21-10-14-5-9-24(12-14)19(27)17-3-2-15-11-20-7-4-16(15)23-17/h1-4,6-8,11,14H,5,9-10,12-13H2,(H,21,26). The van der Waals surface area contributed by atoms with E-state index in [4.69, 9.17) is 0 Å². The Morgan fingerprint density at radius 2 is 2.15 bits per heavy atom. The summed E-state index contributed by atoms with van der Waals surface area (Å²) in [6, 6.07) is 7.19. The third-order valence-corrected chi connectivity index (χ3v) is 4.73. The maximum absolute atomic E-state index is 12.7. The van der Waals surface area contributed by atoms with Gasteiger partial charge in [0.05, 0.1) is 5.52 Å². The minimum Gasteiger partial charge on any atom is -0.354 e. The van der Waals surface area contributed by atoms with Crippen LogP contribution >= 0.6 is 0 Å². The molecule has 0 spiro atoms. The summed E-state index contributed by atoms with van der Waals surface area (Å²) in [6.45, 7) is 2.06. The fourth-order valence-corrected chi connectivity index (χ4v) is 3.29. The molecule has 0 aromatic carbocycles. The van der Waals surface area contributed by atoms with E-state index >= 15 is 0 Å². The van der Waals surface area contributed by atoms with Crippen LogP contribution in [-0.4, -0.2) is 56.1 Å². The van der Waals surface area contributed by atoms with Gasteiger partial charge in [-0.2, -0.15) is 5.10 Å². The Morgan fingerprint density at radius 3 is 3.00 bits per heavy atom. The van der Waals surface area contributed by atoms with Crippen LogP contribution in [0.3, 0.4) is 0 Å². The van der Waals surface area contributed by atoms with Crippen LogP contribution in [0.15, 0.2) is 49.1 Å². The molecule has 1 atom stereocenters. The average molecular weight is 364 g/mol. The molecule has 27 heavy (non-hydrogen) atoms. The van der Waals surface area contributed by atoms with Gasteiger partial charge in [0.2, 0.25) is 5.91 Å². The number of hydrogen-bond acceptors (Lipinski definition) is 5. The average Bonchev–Trinajstić information content (AvgIpc) is 3.37. The highest BCUT2D eigenvalue weighted by molar-refractivity contribution is 5.94. The normalized spacial score (nSPS) is 16.6. The summed E-state index contributed by atoms with van der Waals surface area (Å²) in [5.74, 6) is 0.104. The van der Waals surface area contributed by atoms with E-state index in [2.05, 4.69) is 20.4 Å². The molecule has 2 amide bonds. The maximum atomic E-state index is 12.7. The number of pyridine rings is 2. The molecule has 3 aromatic heterocycles. The van der Waals surface area contributed by atoms with Crippen LogP contribution < -0.4 is 5.32 Å². The summed E-state index contributed by atoms with van der Waals surface area (Å²) in [6.07, 6.45) is 7.66. The van der Waals surface area contributed by atoms with Crippen molar-refractivity contribution in [2.75, 3.05) is 19.6 Å². The van der Waals surface area contributed by atoms with Crippen LogP contribution in [0, 0.1) is 5.92 Å². The number of carbonyl (C=O) groups excluding carboxylic acids is 2. The molecule has 1 aliphatic rings. The summed E-state index contributed by atoms with van der Waals surface area (Å²) in [7, 11) is 0. The first-order valence-corrected chi connectivity index (χ1v) is 8.93. The molecule has 0 aliphatic carbocycles. The van der Waals surface area contributed by atoms with Crippen molar-refractivity contribution >= 4 is 22.7 Å². The van der Waals surface area contributed by atoms with Crippen molar-refractivity contribution in [3.63, 3.8) is 0 Å². The van der Waals surface area contributed by atoms with E-state index in [1.807, 2.05) is 6.07 Å². The van der Waals surface area contributed by atoms with Crippen molar-refractivity contribution in [2.24, 2.45) is 5.92 Å². The predicted molar refractivity (Wildman–Crippen MR) is 98.8 cm³/mol. The lowest BCUT2D eigenvalue weighted by Gasteiger charge is -2.16. The Hall–Kier alpha value is -3.29. The van der Waals surface area contributed by atoms with E-state index in [1.165, 1.54) is 0 Å². The third kappa shape index (κ3) is 3.94. The van der Waals surface area contributed by atoms with Gasteiger partial charge in [-0.25, -0.2) is 4.98 Å². The fraction of sp³-hybridized carbons (Fsp3) is 0.316. The van der Waals surface area contributed by atoms with Crippen molar-refractivity contribution in [1.82, 2.24) is 30.0 Å². The Morgan fingerprint density at radius 1 is 1.22 bits per heavy atom. The minimum atomic E-state index is -0.0757. The van der Waals surface area contributed by atoms with Crippen LogP contribution in [-0.2, 0) is 11.3 Å². The number of rotatable bonds is 5. The van der Waals surface area contributed by atoms with Crippen LogP contribution in [0.1, 0.15) is 16.9 Å². The molecule has 0 bridgehead atoms. The van der Waals surface area contributed by atoms with Crippen LogP contribution in [0.4, 0.5) is 0 Å². The first-order chi connectivity index (χ1) is 13.2. The van der Waals surface area contributed by atoms with Crippen LogP contribution in [0.5, 0.6) is 0 Å². The third-order valence-electron chi connectivity index (χ3n) is 4.73. The summed E-state index contributed by atoms with van der Waals surface area (Å²) >= 11 is 0. The Bertz CT molecular complexity index is 956. The van der Waals surface area contributed by atoms with Gasteiger partial charge in [0.1, 0.15) is 12.2 Å². The first kappa shape index (κ1) is 17.1. The molecule has 8 heteroatoms. The largest absolute Gasteiger partial charge is 0.354 e. The second kappa shape index (κ2) is 7.53. The smallest absolute Gasteiger partial charge is 0.272 e. The van der Waals surface area contributed by atoms with Gasteiger partial charge in [0, 0.05) is 49.8 Å². The van der Waals surface area contributed by atoms with Gasteiger partial charge in [-0.1, -0.05) is 0 Å². The molecule has 1 fully saturated rings. The summed E-state index contributed by atoms with van der Waals surface area (Å²) in [4.78, 5) is 35.0. The Labute approximate surface area is 156 Å². The highest BCUT2D eigenvalue weighted by atomic mass is 16.2. The number of amides is 2. The fourth-order valence-electron chi connectivity index (χ4n) is 3.29. The summed E-state index contributed by atoms with van der Waals surface area (Å²) in [5.41, 5.74) is 1.20. The number of aromatic nitrogens is 4. The molecule has 138 valence electrons. The number of carbonyl (C=O) groups is 2. The van der Waals surface area contributed by atoms with E-state index in [1.54, 1.807) is 52.6 Å². The molecule has 0 radical (unpaired) electrons. The molecule has 1 N–H and O–H groups in total. The quantitative estimate of drug-likeness (QED) is 0.732. The molecule has 4 heterocycles.